The van der Waals surface area contributed by atoms with Gasteiger partial charge in [-0.25, -0.2) is 8.42 Å². The van der Waals surface area contributed by atoms with Crippen LogP contribution in [0.15, 0.2) is 41.4 Å². The monoisotopic (exact) mass is 368 g/mol. The number of amides is 1. The molecule has 1 aromatic carbocycles. The van der Waals surface area contributed by atoms with Gasteiger partial charge in [-0.05, 0) is 24.3 Å². The molecule has 0 fully saturated rings. The molecular weight excluding hydrogens is 352 g/mol. The van der Waals surface area contributed by atoms with Gasteiger partial charge in [0.05, 0.1) is 29.6 Å². The van der Waals surface area contributed by atoms with Gasteiger partial charge in [0.15, 0.2) is 0 Å². The van der Waals surface area contributed by atoms with Crippen LogP contribution in [0.5, 0.6) is 0 Å². The van der Waals surface area contributed by atoms with Gasteiger partial charge in [-0.1, -0.05) is 17.7 Å². The highest BCUT2D eigenvalue weighted by molar-refractivity contribution is 7.89. The van der Waals surface area contributed by atoms with Crippen LogP contribution in [0.1, 0.15) is 18.2 Å². The molecule has 24 heavy (non-hydrogen) atoms. The third-order valence-electron chi connectivity index (χ3n) is 3.98. The van der Waals surface area contributed by atoms with Gasteiger partial charge in [-0.3, -0.25) is 9.48 Å². The van der Waals surface area contributed by atoms with Crippen LogP contribution >= 0.6 is 11.6 Å². The Hall–Kier alpha value is -1.90. The van der Waals surface area contributed by atoms with Crippen molar-refractivity contribution >= 4 is 27.5 Å². The van der Waals surface area contributed by atoms with Crippen molar-refractivity contribution in [2.45, 2.75) is 23.9 Å². The number of carbonyl (C=O) groups excluding carboxylic acids is 1. The fraction of sp³-hybridized carbons (Fsp3) is 0.333. The van der Waals surface area contributed by atoms with Crippen molar-refractivity contribution in [1.29, 1.82) is 0 Å². The number of nitrogens with zero attached hydrogens (tertiary/aromatic N) is 3. The molecule has 0 aliphatic carbocycles. The van der Waals surface area contributed by atoms with Crippen molar-refractivity contribution in [1.82, 2.24) is 19.4 Å². The molecule has 0 radical (unpaired) electrons. The van der Waals surface area contributed by atoms with Gasteiger partial charge in [-0.2, -0.15) is 9.40 Å². The summed E-state index contributed by atoms with van der Waals surface area (Å²) in [6.07, 6.45) is 1.77. The summed E-state index contributed by atoms with van der Waals surface area (Å²) in [6.45, 7) is 0.385. The number of carbonyl (C=O) groups is 1. The van der Waals surface area contributed by atoms with Crippen LogP contribution < -0.4 is 5.32 Å². The molecule has 2 heterocycles. The molecule has 0 unspecified atom stereocenters. The number of nitrogens with one attached hydrogen (secondary N) is 1. The van der Waals surface area contributed by atoms with Gasteiger partial charge >= 0.3 is 0 Å². The maximum Gasteiger partial charge on any atom is 0.243 e. The number of sulfonamides is 1. The maximum absolute atomic E-state index is 12.9. The zero-order chi connectivity index (χ0) is 17.3. The van der Waals surface area contributed by atoms with Crippen LogP contribution in [0, 0.1) is 0 Å². The zero-order valence-electron chi connectivity index (χ0n) is 13.0. The fourth-order valence-corrected chi connectivity index (χ4v) is 4.53. The Morgan fingerprint density at radius 3 is 2.92 bits per heavy atom. The van der Waals surface area contributed by atoms with Gasteiger partial charge < -0.3 is 5.32 Å². The van der Waals surface area contributed by atoms with E-state index in [1.807, 2.05) is 0 Å². The van der Waals surface area contributed by atoms with Gasteiger partial charge in [-0.15, -0.1) is 0 Å². The Labute approximate surface area is 145 Å². The van der Waals surface area contributed by atoms with E-state index in [0.29, 0.717) is 5.02 Å². The number of rotatable bonds is 4. The molecule has 1 aromatic heterocycles. The van der Waals surface area contributed by atoms with Crippen molar-refractivity contribution in [3.8, 4) is 0 Å². The summed E-state index contributed by atoms with van der Waals surface area (Å²) in [6, 6.07) is 7.58. The van der Waals surface area contributed by atoms with Crippen LogP contribution in [0.25, 0.3) is 0 Å². The summed E-state index contributed by atoms with van der Waals surface area (Å²) >= 11 is 5.92. The fourth-order valence-electron chi connectivity index (χ4n) is 2.78. The third kappa shape index (κ3) is 3.17. The minimum atomic E-state index is -3.70. The SMILES string of the molecule is CNC(=O)C[C@H]1CN(S(=O)(=O)c2cccc(Cl)c2)Cc2ccnn21. The van der Waals surface area contributed by atoms with E-state index in [-0.39, 0.29) is 36.4 Å². The van der Waals surface area contributed by atoms with Crippen LogP contribution in [0.3, 0.4) is 0 Å². The highest BCUT2D eigenvalue weighted by Gasteiger charge is 2.34. The third-order valence-corrected chi connectivity index (χ3v) is 6.03. The van der Waals surface area contributed by atoms with Crippen molar-refractivity contribution in [2.24, 2.45) is 0 Å². The van der Waals surface area contributed by atoms with Gasteiger partial charge in [0.25, 0.3) is 0 Å². The molecule has 0 spiro atoms. The first kappa shape index (κ1) is 16.9. The number of hydrogen-bond acceptors (Lipinski definition) is 4. The van der Waals surface area contributed by atoms with Crippen molar-refractivity contribution in [2.75, 3.05) is 13.6 Å². The van der Waals surface area contributed by atoms with E-state index < -0.39 is 10.0 Å². The lowest BCUT2D eigenvalue weighted by molar-refractivity contribution is -0.121. The Bertz CT molecular complexity index is 865. The van der Waals surface area contributed by atoms with Crippen molar-refractivity contribution in [3.63, 3.8) is 0 Å². The molecule has 1 atom stereocenters. The number of fused-ring (bicyclic) bond motifs is 1. The number of aromatic nitrogens is 2. The number of halogens is 1. The quantitative estimate of drug-likeness (QED) is 0.884. The first-order chi connectivity index (χ1) is 11.4. The molecule has 0 bridgehead atoms. The molecule has 0 saturated heterocycles. The lowest BCUT2D eigenvalue weighted by Crippen LogP contribution is -2.42. The van der Waals surface area contributed by atoms with E-state index in [1.165, 1.54) is 16.4 Å². The normalized spacial score (nSPS) is 18.2. The summed E-state index contributed by atoms with van der Waals surface area (Å²) in [5, 5.41) is 7.15. The van der Waals surface area contributed by atoms with Gasteiger partial charge in [0.1, 0.15) is 0 Å². The molecule has 1 N–H and O–H groups in total. The van der Waals surface area contributed by atoms with E-state index in [2.05, 4.69) is 10.4 Å². The molecule has 7 nitrogen and oxygen atoms in total. The van der Waals surface area contributed by atoms with Gasteiger partial charge in [0, 0.05) is 24.8 Å². The summed E-state index contributed by atoms with van der Waals surface area (Å²) in [7, 11) is -2.15. The summed E-state index contributed by atoms with van der Waals surface area (Å²) < 4.78 is 28.9. The summed E-state index contributed by atoms with van der Waals surface area (Å²) in [5.74, 6) is -0.163. The largest absolute Gasteiger partial charge is 0.359 e. The molecule has 1 amide bonds. The molecule has 1 aliphatic heterocycles. The predicted molar refractivity (Wildman–Crippen MR) is 89.0 cm³/mol. The van der Waals surface area contributed by atoms with Crippen LogP contribution in [-0.2, 0) is 21.4 Å². The second-order valence-corrected chi connectivity index (χ2v) is 7.93. The molecule has 128 valence electrons. The highest BCUT2D eigenvalue weighted by Crippen LogP contribution is 2.28. The standard InChI is InChI=1S/C15H17ClN4O3S/c1-17-15(21)8-13-10-19(9-12-5-6-18-20(12)13)24(22,23)14-4-2-3-11(16)7-14/h2-7,13H,8-10H2,1H3,(H,17,21)/t13-/m0/s1. The average Bonchev–Trinajstić information content (AvgIpc) is 3.03. The lowest BCUT2D eigenvalue weighted by atomic mass is 10.1. The predicted octanol–water partition coefficient (Wildman–Crippen LogP) is 1.42. The van der Waals surface area contributed by atoms with E-state index in [1.54, 1.807) is 36.1 Å². The maximum atomic E-state index is 12.9. The second-order valence-electron chi connectivity index (χ2n) is 5.55. The second kappa shape index (κ2) is 6.54. The zero-order valence-corrected chi connectivity index (χ0v) is 14.6. The topological polar surface area (TPSA) is 84.3 Å². The molecule has 0 saturated carbocycles. The van der Waals surface area contributed by atoms with Crippen molar-refractivity contribution < 1.29 is 13.2 Å². The first-order valence-electron chi connectivity index (χ1n) is 7.40. The highest BCUT2D eigenvalue weighted by atomic mass is 35.5. The average molecular weight is 369 g/mol. The summed E-state index contributed by atoms with van der Waals surface area (Å²) in [5.41, 5.74) is 0.751. The van der Waals surface area contributed by atoms with E-state index in [4.69, 9.17) is 11.6 Å². The molecular formula is C15H17ClN4O3S. The molecule has 3 rings (SSSR count). The van der Waals surface area contributed by atoms with E-state index >= 15 is 0 Å². The van der Waals surface area contributed by atoms with E-state index in [9.17, 15) is 13.2 Å². The lowest BCUT2D eigenvalue weighted by Gasteiger charge is -2.32. The summed E-state index contributed by atoms with van der Waals surface area (Å²) in [4.78, 5) is 11.9. The molecule has 9 heteroatoms. The number of benzene rings is 1. The minimum Gasteiger partial charge on any atom is -0.359 e. The Morgan fingerprint density at radius 1 is 1.42 bits per heavy atom. The van der Waals surface area contributed by atoms with Gasteiger partial charge in [0.2, 0.25) is 15.9 Å². The van der Waals surface area contributed by atoms with Crippen LogP contribution in [-0.4, -0.2) is 42.0 Å². The molecule has 1 aliphatic rings. The van der Waals surface area contributed by atoms with Crippen molar-refractivity contribution in [3.05, 3.63) is 47.2 Å². The minimum absolute atomic E-state index is 0.140. The molecule has 2 aromatic rings. The van der Waals surface area contributed by atoms with Crippen LogP contribution in [0.2, 0.25) is 5.02 Å². The van der Waals surface area contributed by atoms with Crippen LogP contribution in [0.4, 0.5) is 0 Å². The Balaban J connectivity index is 1.94. The Morgan fingerprint density at radius 2 is 2.21 bits per heavy atom. The number of hydrogen-bond donors (Lipinski definition) is 1. The first-order valence-corrected chi connectivity index (χ1v) is 9.22. The smallest absolute Gasteiger partial charge is 0.243 e. The van der Waals surface area contributed by atoms with E-state index in [0.717, 1.165) is 5.69 Å². The Kier molecular flexibility index (Phi) is 4.62.